The van der Waals surface area contributed by atoms with Gasteiger partial charge in [0.1, 0.15) is 0 Å². The highest BCUT2D eigenvalue weighted by Gasteiger charge is 2.19. The Morgan fingerprint density at radius 3 is 3.14 bits per heavy atom. The van der Waals surface area contributed by atoms with E-state index in [9.17, 15) is 0 Å². The Balaban J connectivity index is 2.20. The number of aromatic nitrogens is 1. The highest BCUT2D eigenvalue weighted by molar-refractivity contribution is 5.17. The summed E-state index contributed by atoms with van der Waals surface area (Å²) in [5, 5.41) is 0. The molecule has 1 aromatic rings. The van der Waals surface area contributed by atoms with Gasteiger partial charge < -0.3 is 0 Å². The van der Waals surface area contributed by atoms with E-state index in [1.165, 1.54) is 5.56 Å². The highest BCUT2D eigenvalue weighted by Crippen LogP contribution is 2.26. The van der Waals surface area contributed by atoms with Crippen molar-refractivity contribution in [1.29, 1.82) is 0 Å². The summed E-state index contributed by atoms with van der Waals surface area (Å²) >= 11 is 0. The molecule has 74 valence electrons. The minimum Gasteiger partial charge on any atom is -0.293 e. The number of hydrogen-bond donors (Lipinski definition) is 0. The molecule has 0 amide bonds. The zero-order valence-corrected chi connectivity index (χ0v) is 8.56. The molecule has 2 rings (SSSR count). The van der Waals surface area contributed by atoms with Crippen molar-refractivity contribution in [1.82, 2.24) is 9.88 Å². The summed E-state index contributed by atoms with van der Waals surface area (Å²) in [6, 6.07) is 4.71. The Bertz CT molecular complexity index is 305. The molecule has 0 radical (unpaired) electrons. The average Bonchev–Trinajstić information content (AvgIpc) is 2.30. The van der Waals surface area contributed by atoms with Crippen LogP contribution < -0.4 is 0 Å². The first-order chi connectivity index (χ1) is 6.92. The van der Waals surface area contributed by atoms with Crippen LogP contribution in [0.25, 0.3) is 0 Å². The molecule has 0 aromatic carbocycles. The zero-order valence-electron chi connectivity index (χ0n) is 8.56. The third kappa shape index (κ3) is 1.85. The molecule has 0 saturated heterocycles. The average molecular weight is 188 g/mol. The van der Waals surface area contributed by atoms with Crippen molar-refractivity contribution < 1.29 is 0 Å². The van der Waals surface area contributed by atoms with E-state index in [-0.39, 0.29) is 0 Å². The topological polar surface area (TPSA) is 16.1 Å². The van der Waals surface area contributed by atoms with Crippen molar-refractivity contribution in [2.75, 3.05) is 13.1 Å². The molecule has 0 N–H and O–H groups in total. The summed E-state index contributed by atoms with van der Waals surface area (Å²) in [7, 11) is 0. The van der Waals surface area contributed by atoms with Crippen LogP contribution in [-0.2, 0) is 0 Å². The van der Waals surface area contributed by atoms with Crippen LogP contribution in [0.15, 0.2) is 36.7 Å². The van der Waals surface area contributed by atoms with Crippen molar-refractivity contribution >= 4 is 0 Å². The first-order valence-electron chi connectivity index (χ1n) is 5.20. The van der Waals surface area contributed by atoms with E-state index >= 15 is 0 Å². The van der Waals surface area contributed by atoms with Gasteiger partial charge in [-0.15, -0.1) is 0 Å². The fraction of sp³-hybridized carbons (Fsp3) is 0.417. The van der Waals surface area contributed by atoms with Crippen LogP contribution in [0.5, 0.6) is 0 Å². The first kappa shape index (κ1) is 9.41. The van der Waals surface area contributed by atoms with Gasteiger partial charge in [-0.25, -0.2) is 0 Å². The minimum atomic E-state index is 0.527. The Kier molecular flexibility index (Phi) is 2.94. The quantitative estimate of drug-likeness (QED) is 0.662. The molecule has 1 aromatic heterocycles. The molecule has 0 unspecified atom stereocenters. The van der Waals surface area contributed by atoms with Crippen LogP contribution >= 0.6 is 0 Å². The standard InChI is InChI=1S/C12H16N2/c1-2-14-9-4-3-7-12(14)11-6-5-8-13-10-11/h3-6,8,10,12H,2,7,9H2,1H3/t12-/m0/s1. The van der Waals surface area contributed by atoms with Crippen molar-refractivity contribution in [3.63, 3.8) is 0 Å². The van der Waals surface area contributed by atoms with Gasteiger partial charge in [-0.2, -0.15) is 0 Å². The summed E-state index contributed by atoms with van der Waals surface area (Å²) in [6.45, 7) is 4.38. The fourth-order valence-electron chi connectivity index (χ4n) is 1.98. The van der Waals surface area contributed by atoms with Gasteiger partial charge in [0.25, 0.3) is 0 Å². The monoisotopic (exact) mass is 188 g/mol. The second-order valence-corrected chi connectivity index (χ2v) is 3.60. The van der Waals surface area contributed by atoms with Crippen molar-refractivity contribution in [3.05, 3.63) is 42.2 Å². The molecule has 2 heteroatoms. The summed E-state index contributed by atoms with van der Waals surface area (Å²) in [5.74, 6) is 0. The van der Waals surface area contributed by atoms with Gasteiger partial charge in [0.15, 0.2) is 0 Å². The number of pyridine rings is 1. The summed E-state index contributed by atoms with van der Waals surface area (Å²) in [4.78, 5) is 6.65. The Labute approximate surface area is 85.3 Å². The number of nitrogens with zero attached hydrogens (tertiary/aromatic N) is 2. The summed E-state index contributed by atoms with van der Waals surface area (Å²) in [5.41, 5.74) is 1.33. The van der Waals surface area contributed by atoms with E-state index in [2.05, 4.69) is 35.0 Å². The molecule has 0 saturated carbocycles. The molecular weight excluding hydrogens is 172 g/mol. The summed E-state index contributed by atoms with van der Waals surface area (Å²) < 4.78 is 0. The van der Waals surface area contributed by atoms with E-state index in [4.69, 9.17) is 0 Å². The molecule has 0 bridgehead atoms. The van der Waals surface area contributed by atoms with Crippen molar-refractivity contribution in [2.45, 2.75) is 19.4 Å². The predicted octanol–water partition coefficient (Wildman–Crippen LogP) is 2.40. The lowest BCUT2D eigenvalue weighted by molar-refractivity contribution is 0.221. The van der Waals surface area contributed by atoms with Gasteiger partial charge >= 0.3 is 0 Å². The van der Waals surface area contributed by atoms with Crippen LogP contribution in [0, 0.1) is 0 Å². The minimum absolute atomic E-state index is 0.527. The van der Waals surface area contributed by atoms with E-state index < -0.39 is 0 Å². The normalized spacial score (nSPS) is 22.5. The van der Waals surface area contributed by atoms with Crippen molar-refractivity contribution in [2.24, 2.45) is 0 Å². The lowest BCUT2D eigenvalue weighted by atomic mass is 10.0. The number of rotatable bonds is 2. The van der Waals surface area contributed by atoms with Gasteiger partial charge in [0.2, 0.25) is 0 Å². The molecular formula is C12H16N2. The van der Waals surface area contributed by atoms with Crippen LogP contribution in [-0.4, -0.2) is 23.0 Å². The van der Waals surface area contributed by atoms with E-state index in [1.807, 2.05) is 18.5 Å². The number of hydrogen-bond acceptors (Lipinski definition) is 2. The van der Waals surface area contributed by atoms with E-state index in [1.54, 1.807) is 0 Å². The molecule has 0 fully saturated rings. The predicted molar refractivity (Wildman–Crippen MR) is 58.0 cm³/mol. The Morgan fingerprint density at radius 1 is 1.50 bits per heavy atom. The van der Waals surface area contributed by atoms with E-state index in [0.29, 0.717) is 6.04 Å². The molecule has 0 spiro atoms. The van der Waals surface area contributed by atoms with Crippen LogP contribution in [0.1, 0.15) is 24.9 Å². The Morgan fingerprint density at radius 2 is 2.43 bits per heavy atom. The molecule has 14 heavy (non-hydrogen) atoms. The zero-order chi connectivity index (χ0) is 9.80. The molecule has 2 nitrogen and oxygen atoms in total. The molecule has 2 heterocycles. The maximum absolute atomic E-state index is 4.18. The molecule has 1 aliphatic heterocycles. The third-order valence-electron chi connectivity index (χ3n) is 2.78. The van der Waals surface area contributed by atoms with Crippen LogP contribution in [0.3, 0.4) is 0 Å². The summed E-state index contributed by atoms with van der Waals surface area (Å²) in [6.07, 6.45) is 9.44. The van der Waals surface area contributed by atoms with Crippen LogP contribution in [0.4, 0.5) is 0 Å². The highest BCUT2D eigenvalue weighted by atomic mass is 15.1. The smallest absolute Gasteiger partial charge is 0.0400 e. The van der Waals surface area contributed by atoms with Gasteiger partial charge in [-0.3, -0.25) is 9.88 Å². The molecule has 1 atom stereocenters. The Hall–Kier alpha value is -1.15. The largest absolute Gasteiger partial charge is 0.293 e. The van der Waals surface area contributed by atoms with Gasteiger partial charge in [0.05, 0.1) is 0 Å². The first-order valence-corrected chi connectivity index (χ1v) is 5.20. The number of likely N-dealkylation sites (N-methyl/N-ethyl adjacent to an activating group) is 1. The lowest BCUT2D eigenvalue weighted by Crippen LogP contribution is -2.30. The third-order valence-corrected chi connectivity index (χ3v) is 2.78. The SMILES string of the molecule is CCN1CC=CC[C@H]1c1cccnc1. The lowest BCUT2D eigenvalue weighted by Gasteiger charge is -2.31. The second kappa shape index (κ2) is 4.38. The van der Waals surface area contributed by atoms with Gasteiger partial charge in [-0.05, 0) is 24.6 Å². The van der Waals surface area contributed by atoms with Gasteiger partial charge in [0, 0.05) is 25.0 Å². The van der Waals surface area contributed by atoms with Gasteiger partial charge in [-0.1, -0.05) is 25.1 Å². The van der Waals surface area contributed by atoms with E-state index in [0.717, 1.165) is 19.5 Å². The maximum atomic E-state index is 4.18. The van der Waals surface area contributed by atoms with Crippen molar-refractivity contribution in [3.8, 4) is 0 Å². The second-order valence-electron chi connectivity index (χ2n) is 3.60. The van der Waals surface area contributed by atoms with Crippen LogP contribution in [0.2, 0.25) is 0 Å². The molecule has 0 aliphatic carbocycles. The maximum Gasteiger partial charge on any atom is 0.0400 e. The fourth-order valence-corrected chi connectivity index (χ4v) is 1.98. The molecule has 1 aliphatic rings.